The highest BCUT2D eigenvalue weighted by Crippen LogP contribution is 2.42. The van der Waals surface area contributed by atoms with Crippen molar-refractivity contribution in [2.75, 3.05) is 65.2 Å². The van der Waals surface area contributed by atoms with Gasteiger partial charge >= 0.3 is 0 Å². The van der Waals surface area contributed by atoms with Gasteiger partial charge in [0.2, 0.25) is 15.9 Å². The summed E-state index contributed by atoms with van der Waals surface area (Å²) >= 11 is 0. The number of sulfonamides is 1. The Morgan fingerprint density at radius 2 is 1.75 bits per heavy atom. The van der Waals surface area contributed by atoms with Crippen molar-refractivity contribution < 1.29 is 36.9 Å². The van der Waals surface area contributed by atoms with Gasteiger partial charge in [-0.2, -0.15) is 4.31 Å². The summed E-state index contributed by atoms with van der Waals surface area (Å²) < 4.78 is 59.8. The van der Waals surface area contributed by atoms with Crippen LogP contribution in [0.3, 0.4) is 0 Å². The molecule has 4 atom stereocenters. The molecule has 3 aromatic rings. The molecule has 13 nitrogen and oxygen atoms in total. The molecule has 0 N–H and O–H groups in total. The highest BCUT2D eigenvalue weighted by molar-refractivity contribution is 7.89. The predicted octanol–water partition coefficient (Wildman–Crippen LogP) is 7.41. The highest BCUT2D eigenvalue weighted by atomic mass is 32.2. The fourth-order valence-electron chi connectivity index (χ4n) is 7.53. The van der Waals surface area contributed by atoms with Crippen LogP contribution < -0.4 is 9.64 Å². The van der Waals surface area contributed by atoms with Gasteiger partial charge in [-0.05, 0) is 77.8 Å². The van der Waals surface area contributed by atoms with E-state index >= 15 is 0 Å². The first-order valence-corrected chi connectivity index (χ1v) is 20.7. The van der Waals surface area contributed by atoms with E-state index in [9.17, 15) is 13.2 Å². The SMILES string of the molecule is COCCCN1CCOc2ccc(CO[C@H]3CN(S(=O)(=O)c4ccc(C)cc4)[C@@H](CC(C)(C)C(=O)N=[N+]=[N-])C[C@@H]3c3ccc(COC[C@@H](C)COC)cc3)cc21. The molecular weight excluding hydrogens is 735 g/mol. The maximum Gasteiger partial charge on any atom is 0.243 e. The molecule has 1 amide bonds. The first-order valence-electron chi connectivity index (χ1n) is 19.3. The lowest BCUT2D eigenvalue weighted by atomic mass is 9.77. The van der Waals surface area contributed by atoms with Crippen molar-refractivity contribution in [1.82, 2.24) is 4.31 Å². The molecular formula is C42H57N5O8S. The Bertz CT molecular complexity index is 1900. The maximum atomic E-state index is 14.5. The molecule has 0 aliphatic carbocycles. The Morgan fingerprint density at radius 3 is 2.45 bits per heavy atom. The summed E-state index contributed by atoms with van der Waals surface area (Å²) in [4.78, 5) is 18.2. The lowest BCUT2D eigenvalue weighted by molar-refractivity contribution is -0.127. The van der Waals surface area contributed by atoms with E-state index in [1.54, 1.807) is 52.3 Å². The van der Waals surface area contributed by atoms with Crippen LogP contribution in [-0.2, 0) is 47.0 Å². The third-order valence-electron chi connectivity index (χ3n) is 10.6. The number of hydrogen-bond acceptors (Lipinski definition) is 9. The Labute approximate surface area is 331 Å². The number of nitrogens with zero attached hydrogens (tertiary/aromatic N) is 5. The largest absolute Gasteiger partial charge is 0.490 e. The van der Waals surface area contributed by atoms with Gasteiger partial charge in [0, 0.05) is 62.1 Å². The average Bonchev–Trinajstić information content (AvgIpc) is 3.18. The number of aryl methyl sites for hydroxylation is 1. The third kappa shape index (κ3) is 11.1. The molecule has 56 heavy (non-hydrogen) atoms. The lowest BCUT2D eigenvalue weighted by Gasteiger charge is -2.45. The first-order chi connectivity index (χ1) is 26.9. The van der Waals surface area contributed by atoms with Crippen molar-refractivity contribution >= 4 is 21.6 Å². The van der Waals surface area contributed by atoms with E-state index in [-0.39, 0.29) is 36.3 Å². The zero-order valence-electron chi connectivity index (χ0n) is 33.6. The van der Waals surface area contributed by atoms with Gasteiger partial charge in [-0.3, -0.25) is 4.79 Å². The first kappa shape index (κ1) is 43.1. The van der Waals surface area contributed by atoms with Crippen LogP contribution in [0.15, 0.2) is 76.7 Å². The number of fused-ring (bicyclic) bond motifs is 1. The molecule has 5 rings (SSSR count). The summed E-state index contributed by atoms with van der Waals surface area (Å²) in [6.07, 6.45) is 0.868. The van der Waals surface area contributed by atoms with Crippen LogP contribution in [-0.4, -0.2) is 91.1 Å². The second kappa shape index (κ2) is 19.9. The third-order valence-corrected chi connectivity index (χ3v) is 12.5. The summed E-state index contributed by atoms with van der Waals surface area (Å²) in [6, 6.07) is 20.4. The molecule has 0 spiro atoms. The van der Waals surface area contributed by atoms with Crippen molar-refractivity contribution in [2.45, 2.75) is 83.1 Å². The number of azide groups is 1. The van der Waals surface area contributed by atoms with Gasteiger partial charge in [-0.15, -0.1) is 0 Å². The summed E-state index contributed by atoms with van der Waals surface area (Å²) in [7, 11) is -0.655. The van der Waals surface area contributed by atoms with E-state index < -0.39 is 33.5 Å². The fourth-order valence-corrected chi connectivity index (χ4v) is 9.18. The van der Waals surface area contributed by atoms with Crippen molar-refractivity contribution in [3.63, 3.8) is 0 Å². The van der Waals surface area contributed by atoms with Gasteiger partial charge in [-0.25, -0.2) is 8.42 Å². The Balaban J connectivity index is 1.47. The van der Waals surface area contributed by atoms with Crippen LogP contribution in [0.4, 0.5) is 5.69 Å². The van der Waals surface area contributed by atoms with E-state index in [1.807, 2.05) is 31.2 Å². The van der Waals surface area contributed by atoms with E-state index in [1.165, 1.54) is 4.31 Å². The van der Waals surface area contributed by atoms with Crippen molar-refractivity contribution in [1.29, 1.82) is 0 Å². The molecule has 0 bridgehead atoms. The molecule has 304 valence electrons. The minimum absolute atomic E-state index is 0.0524. The average molecular weight is 792 g/mol. The van der Waals surface area contributed by atoms with E-state index in [0.29, 0.717) is 39.5 Å². The second-order valence-corrected chi connectivity index (χ2v) is 17.5. The van der Waals surface area contributed by atoms with E-state index in [2.05, 4.69) is 40.0 Å². The zero-order chi connectivity index (χ0) is 40.3. The predicted molar refractivity (Wildman–Crippen MR) is 215 cm³/mol. The number of methoxy groups -OCH3 is 2. The van der Waals surface area contributed by atoms with Gasteiger partial charge in [0.05, 0.1) is 49.7 Å². The molecule has 2 aliphatic rings. The Morgan fingerprint density at radius 1 is 1.02 bits per heavy atom. The van der Waals surface area contributed by atoms with Crippen LogP contribution in [0.1, 0.15) is 68.2 Å². The summed E-state index contributed by atoms with van der Waals surface area (Å²) in [5.41, 5.74) is 12.8. The number of carbonyl (C=O) groups excluding carboxylic acids is 1. The molecule has 0 saturated carbocycles. The Kier molecular flexibility index (Phi) is 15.3. The molecule has 3 aromatic carbocycles. The minimum atomic E-state index is -4.04. The molecule has 2 aliphatic heterocycles. The topological polar surface area (TPSA) is 153 Å². The number of rotatable bonds is 19. The monoisotopic (exact) mass is 791 g/mol. The van der Waals surface area contributed by atoms with Crippen molar-refractivity contribution in [2.24, 2.45) is 16.4 Å². The number of benzene rings is 3. The molecule has 0 radical (unpaired) electrons. The van der Waals surface area contributed by atoms with Crippen LogP contribution >= 0.6 is 0 Å². The van der Waals surface area contributed by atoms with Gasteiger partial charge in [-0.1, -0.05) is 68.8 Å². The molecule has 1 fully saturated rings. The summed E-state index contributed by atoms with van der Waals surface area (Å²) in [6.45, 7) is 12.2. The Hall–Kier alpha value is -4.01. The number of carbonyl (C=O) groups is 1. The number of anilines is 1. The van der Waals surface area contributed by atoms with Crippen LogP contribution in [0.5, 0.6) is 5.75 Å². The normalized spacial score (nSPS) is 19.5. The van der Waals surface area contributed by atoms with E-state index in [0.717, 1.165) is 53.2 Å². The zero-order valence-corrected chi connectivity index (χ0v) is 34.4. The fraction of sp³-hybridized carbons (Fsp3) is 0.548. The quantitative estimate of drug-likeness (QED) is 0.0523. The van der Waals surface area contributed by atoms with Gasteiger partial charge in [0.25, 0.3) is 0 Å². The molecule has 0 unspecified atom stereocenters. The van der Waals surface area contributed by atoms with Crippen LogP contribution in [0.25, 0.3) is 10.4 Å². The van der Waals surface area contributed by atoms with Gasteiger partial charge in [0.15, 0.2) is 0 Å². The molecule has 2 heterocycles. The van der Waals surface area contributed by atoms with E-state index in [4.69, 9.17) is 29.2 Å². The number of hydrogen-bond donors (Lipinski definition) is 0. The van der Waals surface area contributed by atoms with Gasteiger partial charge < -0.3 is 28.6 Å². The number of amides is 1. The smallest absolute Gasteiger partial charge is 0.243 e. The second-order valence-electron chi connectivity index (χ2n) is 15.6. The van der Waals surface area contributed by atoms with Crippen molar-refractivity contribution in [3.8, 4) is 5.75 Å². The molecule has 0 aromatic heterocycles. The van der Waals surface area contributed by atoms with Crippen LogP contribution in [0.2, 0.25) is 0 Å². The summed E-state index contributed by atoms with van der Waals surface area (Å²) in [5.74, 6) is 0.227. The van der Waals surface area contributed by atoms with Gasteiger partial charge in [0.1, 0.15) is 12.4 Å². The lowest BCUT2D eigenvalue weighted by Crippen LogP contribution is -2.53. The maximum absolute atomic E-state index is 14.5. The molecule has 1 saturated heterocycles. The number of ether oxygens (including phenoxy) is 5. The van der Waals surface area contributed by atoms with Crippen molar-refractivity contribution in [3.05, 3.63) is 99.4 Å². The standard InChI is InChI=1S/C42H57N5O8S/c1-30-8-15-36(16-9-30)56(49,50)47-25-40(55-29-33-12-17-39-38(22-33)46(19-21-54-39)18-7-20-51-5)37(23-35(47)24-42(3,4)41(48)44-45-43)34-13-10-32(11-14-34)28-53-27-31(2)26-52-6/h8-17,22,31,35,37,40H,7,18-21,23-29H2,1-6H3/t31-,35+,37+,40-/m0/s1. The number of piperidine rings is 1. The highest BCUT2D eigenvalue weighted by Gasteiger charge is 2.45. The summed E-state index contributed by atoms with van der Waals surface area (Å²) in [5, 5.41) is 3.40. The molecule has 14 heteroatoms. The van der Waals surface area contributed by atoms with Crippen LogP contribution in [0, 0.1) is 18.3 Å². The minimum Gasteiger partial charge on any atom is -0.490 e.